The first-order valence-electron chi connectivity index (χ1n) is 0.354. The van der Waals surface area contributed by atoms with Crippen LogP contribution in [0.2, 0.25) is 0 Å². The van der Waals surface area contributed by atoms with E-state index in [1.54, 1.807) is 0 Å². The molecule has 0 N–H and O–H groups in total. The summed E-state index contributed by atoms with van der Waals surface area (Å²) in [5.41, 5.74) is 0. The van der Waals surface area contributed by atoms with Gasteiger partial charge in [-0.2, -0.15) is 0 Å². The topological polar surface area (TPSA) is 0 Å². The summed E-state index contributed by atoms with van der Waals surface area (Å²) in [5.74, 6) is 0. The van der Waals surface area contributed by atoms with Crippen molar-refractivity contribution in [2.45, 2.75) is 0 Å². The van der Waals surface area contributed by atoms with Gasteiger partial charge in [-0.25, -0.2) is 0 Å². The Morgan fingerprint density at radius 3 is 1.25 bits per heavy atom. The van der Waals surface area contributed by atoms with Crippen LogP contribution < -0.4 is 0 Å². The molecule has 0 spiro atoms. The quantitative estimate of drug-likeness (QED) is 0.399. The summed E-state index contributed by atoms with van der Waals surface area (Å²) in [6.07, 6.45) is 0. The van der Waals surface area contributed by atoms with Crippen LogP contribution in [-0.4, -0.2) is 75.1 Å². The van der Waals surface area contributed by atoms with Crippen LogP contribution in [0.4, 0.5) is 0 Å². The standard InChI is InChI=1S/Al.Ba.Fe.H3Si.5H/h;;;1H3;;;;;. The molecule has 0 unspecified atom stereocenters. The van der Waals surface area contributed by atoms with Gasteiger partial charge in [0, 0.05) is 0 Å². The third-order valence-corrected chi connectivity index (χ3v) is 0. The number of rotatable bonds is 0. The number of hydrogen-bond acceptors (Lipinski definition) is 0. The minimum atomic E-state index is 0. The van der Waals surface area contributed by atoms with Crippen LogP contribution >= 0.6 is 0 Å². The second-order valence-corrected chi connectivity index (χ2v) is 0. The molecule has 0 aliphatic carbocycles. The fraction of sp³-hybridized carbons (Fsp3) is 0. The summed E-state index contributed by atoms with van der Waals surface area (Å²) in [6, 6.07) is 0. The maximum atomic E-state index is 3.39. The molecule has 0 aromatic heterocycles. The van der Waals surface area contributed by atoms with Gasteiger partial charge in [-0.3, -0.25) is 0 Å². The average molecular weight is 256 g/mol. The zero-order valence-electron chi connectivity index (χ0n) is 1.35. The van der Waals surface area contributed by atoms with Crippen LogP contribution in [-0.2, 0) is 15.4 Å². The van der Waals surface area contributed by atoms with E-state index < -0.39 is 0 Å². The molecule has 0 nitrogen and oxygen atoms in total. The zero-order valence-corrected chi connectivity index (χ0v) is 4.46. The van der Waals surface area contributed by atoms with Crippen molar-refractivity contribution in [2.75, 3.05) is 0 Å². The number of hydrogen-bond donors (Lipinski definition) is 0. The van der Waals surface area contributed by atoms with Gasteiger partial charge in [0.05, 0.1) is 0 Å². The monoisotopic (exact) mass is 257 g/mol. The summed E-state index contributed by atoms with van der Waals surface area (Å²) >= 11 is 3.39. The summed E-state index contributed by atoms with van der Waals surface area (Å²) in [6.45, 7) is 0. The van der Waals surface area contributed by atoms with Crippen molar-refractivity contribution < 1.29 is 15.4 Å². The molecule has 0 aliphatic heterocycles. The van der Waals surface area contributed by atoms with E-state index in [0.29, 0.717) is 0 Å². The van der Waals surface area contributed by atoms with Gasteiger partial charge < -0.3 is 0 Å². The van der Waals surface area contributed by atoms with Gasteiger partial charge in [-0.05, 0) is 0 Å². The van der Waals surface area contributed by atoms with E-state index in [2.05, 4.69) is 15.4 Å². The van der Waals surface area contributed by atoms with Crippen LogP contribution in [0.1, 0.15) is 0 Å². The average Bonchev–Trinajstić information content (AvgIpc) is 1.00. The molecule has 0 bridgehead atoms. The van der Waals surface area contributed by atoms with Crippen molar-refractivity contribution in [1.29, 1.82) is 0 Å². The molecule has 0 rings (SSSR count). The van der Waals surface area contributed by atoms with E-state index in [1.807, 2.05) is 0 Å². The van der Waals surface area contributed by atoms with Crippen LogP contribution in [0.3, 0.4) is 0 Å². The van der Waals surface area contributed by atoms with Crippen molar-refractivity contribution in [2.24, 2.45) is 0 Å². The molecule has 25 valence electrons. The van der Waals surface area contributed by atoms with Gasteiger partial charge in [-0.15, -0.1) is 0 Å². The molecule has 4 heavy (non-hydrogen) atoms. The Kier molecular flexibility index (Phi) is 67.1. The molecule has 0 atom stereocenters. The van der Waals surface area contributed by atoms with E-state index in [4.69, 9.17) is 0 Å². The van der Waals surface area contributed by atoms with Crippen molar-refractivity contribution in [1.82, 2.24) is 0 Å². The predicted octanol–water partition coefficient (Wildman–Crippen LogP) is -3.29. The SMILES string of the molecule is [AlH3].[BaH2].[SiH3][Fe]. The van der Waals surface area contributed by atoms with Crippen LogP contribution in [0.5, 0.6) is 0 Å². The van der Waals surface area contributed by atoms with Crippen LogP contribution in [0.15, 0.2) is 0 Å². The molecule has 0 amide bonds. The fourth-order valence-electron chi connectivity index (χ4n) is 0. The van der Waals surface area contributed by atoms with Gasteiger partial charge in [0.2, 0.25) is 0 Å². The summed E-state index contributed by atoms with van der Waals surface area (Å²) < 4.78 is 0. The Balaban J connectivity index is -0.00000000500. The Bertz CT molecular complexity index is 8.00. The second-order valence-electron chi connectivity index (χ2n) is 0. The van der Waals surface area contributed by atoms with Crippen LogP contribution in [0.25, 0.3) is 0 Å². The molecule has 0 radical (unpaired) electrons. The molecule has 0 fully saturated rings. The predicted molar refractivity (Wildman–Crippen MR) is 28.4 cm³/mol. The first-order chi connectivity index (χ1) is 1.00. The van der Waals surface area contributed by atoms with Crippen molar-refractivity contribution in [3.63, 3.8) is 0 Å². The fourth-order valence-corrected chi connectivity index (χ4v) is 0. The van der Waals surface area contributed by atoms with Crippen molar-refractivity contribution >= 4 is 75.1 Å². The molecule has 0 aromatic rings. The molecule has 0 aromatic carbocycles. The van der Waals surface area contributed by atoms with Crippen LogP contribution in [0, 0.1) is 0 Å². The molecule has 0 heterocycles. The van der Waals surface area contributed by atoms with Gasteiger partial charge >= 0.3 is 73.1 Å². The normalized spacial score (nSPS) is 2.25. The minimum absolute atomic E-state index is 0. The Labute approximate surface area is 88.4 Å². The Morgan fingerprint density at radius 2 is 1.25 bits per heavy atom. The maximum absolute atomic E-state index is 3.39. The van der Waals surface area contributed by atoms with E-state index in [0.717, 1.165) is 8.85 Å². The molecule has 4 heteroatoms. The van der Waals surface area contributed by atoms with E-state index in [9.17, 15) is 0 Å². The van der Waals surface area contributed by atoms with Gasteiger partial charge in [-0.1, -0.05) is 0 Å². The first-order valence-corrected chi connectivity index (χ1v) is 4.37. The summed E-state index contributed by atoms with van der Waals surface area (Å²) in [7, 11) is 1.06. The molecular formula is H8AlBaFeSi. The summed E-state index contributed by atoms with van der Waals surface area (Å²) in [4.78, 5) is 0. The molecule has 0 saturated heterocycles. The van der Waals surface area contributed by atoms with Gasteiger partial charge in [0.25, 0.3) is 0 Å². The van der Waals surface area contributed by atoms with E-state index >= 15 is 0 Å². The summed E-state index contributed by atoms with van der Waals surface area (Å²) in [5, 5.41) is 0. The second kappa shape index (κ2) is 17.0. The van der Waals surface area contributed by atoms with Gasteiger partial charge in [0.15, 0.2) is 17.4 Å². The molecule has 0 saturated carbocycles. The Morgan fingerprint density at radius 1 is 1.25 bits per heavy atom. The Hall–Kier alpha value is 2.84. The molecular weight excluding hydrogens is 248 g/mol. The van der Waals surface area contributed by atoms with Crippen molar-refractivity contribution in [3.8, 4) is 0 Å². The van der Waals surface area contributed by atoms with Gasteiger partial charge in [0.1, 0.15) is 0 Å². The first kappa shape index (κ1) is 15.8. The van der Waals surface area contributed by atoms with Crippen molar-refractivity contribution in [3.05, 3.63) is 0 Å². The van der Waals surface area contributed by atoms with E-state index in [1.165, 1.54) is 0 Å². The third-order valence-electron chi connectivity index (χ3n) is 0. The zero-order chi connectivity index (χ0) is 2.00. The van der Waals surface area contributed by atoms with E-state index in [-0.39, 0.29) is 66.2 Å². The third kappa shape index (κ3) is 8.85. The molecule has 0 aliphatic rings.